The molecule has 1 amide bonds. The average Bonchev–Trinajstić information content (AvgIpc) is 3.38. The molecule has 0 spiro atoms. The molecule has 10 nitrogen and oxygen atoms in total. The first kappa shape index (κ1) is 20.8. The van der Waals surface area contributed by atoms with Crippen molar-refractivity contribution < 1.29 is 18.3 Å². The Hall–Kier alpha value is -4.06. The summed E-state index contributed by atoms with van der Waals surface area (Å²) in [4.78, 5) is 27.7. The lowest BCUT2D eigenvalue weighted by Gasteiger charge is -2.26. The van der Waals surface area contributed by atoms with Crippen molar-refractivity contribution in [2.45, 2.75) is 0 Å². The zero-order chi connectivity index (χ0) is 23.3. The SMILES string of the molecule is Cn1nc(-c2cn(-c3c(F)cccc3F)c(=O)c3c(N)n[nH]c23)cc1C(=O)N1CCOCC1. The predicted octanol–water partition coefficient (Wildman–Crippen LogP) is 1.45. The van der Waals surface area contributed by atoms with Gasteiger partial charge >= 0.3 is 0 Å². The first-order valence-corrected chi connectivity index (χ1v) is 10.1. The van der Waals surface area contributed by atoms with Crippen LogP contribution in [0.5, 0.6) is 0 Å². The lowest BCUT2D eigenvalue weighted by Crippen LogP contribution is -2.41. The number of benzene rings is 1. The van der Waals surface area contributed by atoms with Crippen molar-refractivity contribution in [2.75, 3.05) is 32.0 Å². The van der Waals surface area contributed by atoms with E-state index in [0.29, 0.717) is 43.3 Å². The fourth-order valence-corrected chi connectivity index (χ4v) is 3.95. The molecule has 3 aromatic heterocycles. The number of carbonyl (C=O) groups is 1. The fraction of sp³-hybridized carbons (Fsp3) is 0.238. The van der Waals surface area contributed by atoms with Crippen molar-refractivity contribution in [2.24, 2.45) is 7.05 Å². The summed E-state index contributed by atoms with van der Waals surface area (Å²) in [6.07, 6.45) is 1.26. The topological polar surface area (TPSA) is 124 Å². The number of nitrogen functional groups attached to an aromatic ring is 1. The summed E-state index contributed by atoms with van der Waals surface area (Å²) < 4.78 is 36.6. The molecule has 3 N–H and O–H groups in total. The molecule has 12 heteroatoms. The Balaban J connectivity index is 1.70. The number of amides is 1. The summed E-state index contributed by atoms with van der Waals surface area (Å²) in [7, 11) is 1.61. The maximum Gasteiger partial charge on any atom is 0.272 e. The molecule has 1 aliphatic heterocycles. The molecule has 5 rings (SSSR count). The van der Waals surface area contributed by atoms with Crippen LogP contribution in [0.2, 0.25) is 0 Å². The van der Waals surface area contributed by atoms with Crippen LogP contribution in [0, 0.1) is 11.6 Å². The van der Waals surface area contributed by atoms with E-state index in [0.717, 1.165) is 16.7 Å². The maximum absolute atomic E-state index is 14.5. The van der Waals surface area contributed by atoms with Gasteiger partial charge < -0.3 is 15.4 Å². The number of ether oxygens (including phenoxy) is 1. The number of aromatic nitrogens is 5. The van der Waals surface area contributed by atoms with Crippen LogP contribution in [0.25, 0.3) is 27.8 Å². The second kappa shape index (κ2) is 7.81. The van der Waals surface area contributed by atoms with Crippen molar-refractivity contribution in [3.05, 3.63) is 58.1 Å². The van der Waals surface area contributed by atoms with E-state index in [2.05, 4.69) is 15.3 Å². The van der Waals surface area contributed by atoms with Crippen LogP contribution in [0.4, 0.5) is 14.6 Å². The molecule has 4 aromatic rings. The normalized spacial score (nSPS) is 14.2. The molecule has 1 fully saturated rings. The number of hydrogen-bond donors (Lipinski definition) is 2. The molecule has 1 aromatic carbocycles. The summed E-state index contributed by atoms with van der Waals surface area (Å²) in [6.45, 7) is 1.81. The minimum atomic E-state index is -0.923. The van der Waals surface area contributed by atoms with Gasteiger partial charge in [0.15, 0.2) is 5.82 Å². The van der Waals surface area contributed by atoms with Gasteiger partial charge in [-0.1, -0.05) is 6.07 Å². The molecular formula is C21H19F2N7O3. The fourth-order valence-electron chi connectivity index (χ4n) is 3.95. The van der Waals surface area contributed by atoms with Crippen molar-refractivity contribution in [3.63, 3.8) is 0 Å². The Morgan fingerprint density at radius 2 is 1.91 bits per heavy atom. The Labute approximate surface area is 185 Å². The van der Waals surface area contributed by atoms with Crippen LogP contribution in [-0.4, -0.2) is 61.7 Å². The molecule has 0 aliphatic carbocycles. The molecule has 0 radical (unpaired) electrons. The summed E-state index contributed by atoms with van der Waals surface area (Å²) in [5.74, 6) is -2.20. The van der Waals surface area contributed by atoms with Gasteiger partial charge in [-0.25, -0.2) is 8.78 Å². The van der Waals surface area contributed by atoms with Crippen molar-refractivity contribution in [3.8, 4) is 16.9 Å². The third-order valence-electron chi connectivity index (χ3n) is 5.61. The van der Waals surface area contributed by atoms with Gasteiger partial charge in [-0.05, 0) is 18.2 Å². The first-order valence-electron chi connectivity index (χ1n) is 10.1. The van der Waals surface area contributed by atoms with Gasteiger partial charge in [0.25, 0.3) is 11.5 Å². The molecule has 33 heavy (non-hydrogen) atoms. The van der Waals surface area contributed by atoms with Gasteiger partial charge in [-0.3, -0.25) is 23.9 Å². The predicted molar refractivity (Wildman–Crippen MR) is 115 cm³/mol. The van der Waals surface area contributed by atoms with Crippen LogP contribution in [0.3, 0.4) is 0 Å². The van der Waals surface area contributed by atoms with E-state index in [9.17, 15) is 18.4 Å². The highest BCUT2D eigenvalue weighted by Crippen LogP contribution is 2.29. The molecule has 1 aliphatic rings. The number of rotatable bonds is 3. The Kier molecular flexibility index (Phi) is 4.93. The van der Waals surface area contributed by atoms with Crippen molar-refractivity contribution in [1.82, 2.24) is 29.4 Å². The third kappa shape index (κ3) is 3.35. The smallest absolute Gasteiger partial charge is 0.272 e. The zero-order valence-electron chi connectivity index (χ0n) is 17.5. The van der Waals surface area contributed by atoms with Gasteiger partial charge in [0.05, 0.1) is 24.4 Å². The van der Waals surface area contributed by atoms with E-state index in [1.807, 2.05) is 0 Å². The quantitative estimate of drug-likeness (QED) is 0.482. The number of morpholine rings is 1. The molecule has 0 atom stereocenters. The average molecular weight is 455 g/mol. The summed E-state index contributed by atoms with van der Waals surface area (Å²) in [6, 6.07) is 4.85. The van der Waals surface area contributed by atoms with Gasteiger partial charge in [0.2, 0.25) is 0 Å². The Bertz CT molecular complexity index is 1430. The van der Waals surface area contributed by atoms with Gasteiger partial charge in [-0.15, -0.1) is 0 Å². The maximum atomic E-state index is 14.5. The van der Waals surface area contributed by atoms with Crippen LogP contribution in [0.1, 0.15) is 10.5 Å². The van der Waals surface area contributed by atoms with E-state index in [4.69, 9.17) is 10.5 Å². The molecular weight excluding hydrogens is 436 g/mol. The zero-order valence-corrected chi connectivity index (χ0v) is 17.5. The van der Waals surface area contributed by atoms with Crippen LogP contribution in [0.15, 0.2) is 35.3 Å². The minimum absolute atomic E-state index is 0.0399. The van der Waals surface area contributed by atoms with E-state index in [1.54, 1.807) is 18.0 Å². The number of para-hydroxylation sites is 1. The number of hydrogen-bond acceptors (Lipinski definition) is 6. The summed E-state index contributed by atoms with van der Waals surface area (Å²) >= 11 is 0. The number of aromatic amines is 1. The number of halogens is 2. The highest BCUT2D eigenvalue weighted by molar-refractivity contribution is 5.99. The van der Waals surface area contributed by atoms with E-state index in [-0.39, 0.29) is 22.6 Å². The van der Waals surface area contributed by atoms with Gasteiger partial charge in [-0.2, -0.15) is 10.2 Å². The lowest BCUT2D eigenvalue weighted by atomic mass is 10.1. The molecule has 0 bridgehead atoms. The van der Waals surface area contributed by atoms with Gasteiger partial charge in [0.1, 0.15) is 28.4 Å². The number of anilines is 1. The molecule has 1 saturated heterocycles. The third-order valence-corrected chi connectivity index (χ3v) is 5.61. The molecule has 0 unspecified atom stereocenters. The second-order valence-electron chi connectivity index (χ2n) is 7.59. The largest absolute Gasteiger partial charge is 0.382 e. The summed E-state index contributed by atoms with van der Waals surface area (Å²) in [5, 5.41) is 10.9. The Morgan fingerprint density at radius 3 is 2.61 bits per heavy atom. The second-order valence-corrected chi connectivity index (χ2v) is 7.59. The van der Waals surface area contributed by atoms with Crippen LogP contribution < -0.4 is 11.3 Å². The van der Waals surface area contributed by atoms with Gasteiger partial charge in [0, 0.05) is 31.9 Å². The van der Waals surface area contributed by atoms with Crippen LogP contribution in [-0.2, 0) is 11.8 Å². The molecule has 4 heterocycles. The molecule has 0 saturated carbocycles. The number of aryl methyl sites for hydroxylation is 1. The number of nitrogens with two attached hydrogens (primary N) is 1. The summed E-state index contributed by atoms with van der Waals surface area (Å²) in [5.41, 5.74) is 5.74. The number of nitrogens with zero attached hydrogens (tertiary/aromatic N) is 5. The number of fused-ring (bicyclic) bond motifs is 1. The van der Waals surface area contributed by atoms with E-state index < -0.39 is 22.9 Å². The number of pyridine rings is 1. The Morgan fingerprint density at radius 1 is 1.21 bits per heavy atom. The minimum Gasteiger partial charge on any atom is -0.382 e. The highest BCUT2D eigenvalue weighted by atomic mass is 19.1. The van der Waals surface area contributed by atoms with Crippen molar-refractivity contribution >= 4 is 22.6 Å². The first-order chi connectivity index (χ1) is 15.9. The monoisotopic (exact) mass is 455 g/mol. The van der Waals surface area contributed by atoms with E-state index >= 15 is 0 Å². The lowest BCUT2D eigenvalue weighted by molar-refractivity contribution is 0.0295. The number of carbonyl (C=O) groups excluding carboxylic acids is 1. The highest BCUT2D eigenvalue weighted by Gasteiger charge is 2.25. The number of nitrogens with one attached hydrogen (secondary N) is 1. The van der Waals surface area contributed by atoms with Crippen molar-refractivity contribution in [1.29, 1.82) is 0 Å². The molecule has 170 valence electrons. The van der Waals surface area contributed by atoms with E-state index in [1.165, 1.54) is 16.9 Å². The number of H-pyrrole nitrogens is 1. The standard InChI is InChI=1S/C21H19F2N7O3/c1-28-15(20(31)29-5-7-33-8-6-29)9-14(27-28)11-10-30(18-12(22)3-2-4-13(18)23)21(32)16-17(11)25-26-19(16)24/h2-4,9-10H,5-8H2,1H3,(H3,24,25,26). The van der Waals surface area contributed by atoms with Crippen LogP contribution >= 0.6 is 0 Å².